The average Bonchev–Trinajstić information content (AvgIpc) is 2.64. The molecule has 0 spiro atoms. The van der Waals surface area contributed by atoms with Crippen molar-refractivity contribution in [2.75, 3.05) is 0 Å². The third kappa shape index (κ3) is 2.42. The summed E-state index contributed by atoms with van der Waals surface area (Å²) in [4.78, 5) is 4.15. The zero-order valence-corrected chi connectivity index (χ0v) is 11.1. The Morgan fingerprint density at radius 3 is 2.19 bits per heavy atom. The van der Waals surface area contributed by atoms with Crippen molar-refractivity contribution >= 4 is 23.1 Å². The van der Waals surface area contributed by atoms with E-state index in [1.165, 1.54) is 17.1 Å². The van der Waals surface area contributed by atoms with Gasteiger partial charge in [0.1, 0.15) is 0 Å². The molecule has 0 amide bonds. The van der Waals surface area contributed by atoms with E-state index in [0.717, 1.165) is 5.56 Å². The monoisotopic (exact) mass is 252 g/mol. The largest absolute Gasteiger partial charge is 0.203 e. The SMILES string of the molecule is CC(C)(C)c1ccc(-c2nsc(Cl)n2)cc1. The minimum Gasteiger partial charge on any atom is -0.203 e. The highest BCUT2D eigenvalue weighted by molar-refractivity contribution is 7.10. The molecule has 0 atom stereocenters. The van der Waals surface area contributed by atoms with Gasteiger partial charge in [0.2, 0.25) is 4.47 Å². The first-order valence-electron chi connectivity index (χ1n) is 5.07. The molecule has 0 aliphatic carbocycles. The maximum Gasteiger partial charge on any atom is 0.203 e. The molecule has 0 fully saturated rings. The van der Waals surface area contributed by atoms with Gasteiger partial charge < -0.3 is 0 Å². The molecule has 2 nitrogen and oxygen atoms in total. The van der Waals surface area contributed by atoms with Crippen molar-refractivity contribution in [1.29, 1.82) is 0 Å². The molecule has 2 aromatic rings. The molecule has 4 heteroatoms. The summed E-state index contributed by atoms with van der Waals surface area (Å²) in [6.07, 6.45) is 0. The van der Waals surface area contributed by atoms with E-state index in [9.17, 15) is 0 Å². The van der Waals surface area contributed by atoms with Crippen LogP contribution in [0.1, 0.15) is 26.3 Å². The molecule has 16 heavy (non-hydrogen) atoms. The van der Waals surface area contributed by atoms with E-state index >= 15 is 0 Å². The van der Waals surface area contributed by atoms with Crippen molar-refractivity contribution in [2.45, 2.75) is 26.2 Å². The average molecular weight is 253 g/mol. The second kappa shape index (κ2) is 4.15. The zero-order valence-electron chi connectivity index (χ0n) is 9.49. The molecule has 0 aliphatic heterocycles. The maximum atomic E-state index is 5.76. The summed E-state index contributed by atoms with van der Waals surface area (Å²) in [7, 11) is 0. The molecule has 0 saturated heterocycles. The lowest BCUT2D eigenvalue weighted by Gasteiger charge is -2.18. The number of rotatable bonds is 1. The van der Waals surface area contributed by atoms with E-state index in [4.69, 9.17) is 11.6 Å². The highest BCUT2D eigenvalue weighted by Crippen LogP contribution is 2.26. The number of hydrogen-bond acceptors (Lipinski definition) is 3. The fourth-order valence-electron chi connectivity index (χ4n) is 1.44. The fraction of sp³-hybridized carbons (Fsp3) is 0.333. The van der Waals surface area contributed by atoms with Gasteiger partial charge in [-0.05, 0) is 34.1 Å². The van der Waals surface area contributed by atoms with Gasteiger partial charge in [-0.2, -0.15) is 4.37 Å². The highest BCUT2D eigenvalue weighted by atomic mass is 35.5. The third-order valence-corrected chi connectivity index (χ3v) is 3.21. The topological polar surface area (TPSA) is 25.8 Å². The van der Waals surface area contributed by atoms with Crippen LogP contribution >= 0.6 is 23.1 Å². The maximum absolute atomic E-state index is 5.76. The first kappa shape index (κ1) is 11.6. The van der Waals surface area contributed by atoms with Crippen LogP contribution in [0, 0.1) is 0 Å². The minimum atomic E-state index is 0.172. The van der Waals surface area contributed by atoms with Gasteiger partial charge in [0, 0.05) is 5.56 Å². The van der Waals surface area contributed by atoms with E-state index in [2.05, 4.69) is 42.3 Å². The lowest BCUT2D eigenvalue weighted by Crippen LogP contribution is -2.10. The molecule has 0 radical (unpaired) electrons. The normalized spacial score (nSPS) is 11.8. The van der Waals surface area contributed by atoms with Gasteiger partial charge >= 0.3 is 0 Å². The second-order valence-corrected chi connectivity index (χ2v) is 6.03. The standard InChI is InChI=1S/C12H13ClN2S/c1-12(2,3)9-6-4-8(5-7-9)10-14-11(13)16-15-10/h4-7H,1-3H3. The van der Waals surface area contributed by atoms with Crippen LogP contribution in [0.5, 0.6) is 0 Å². The van der Waals surface area contributed by atoms with Crippen molar-refractivity contribution in [3.63, 3.8) is 0 Å². The zero-order chi connectivity index (χ0) is 11.8. The Kier molecular flexibility index (Phi) is 3.00. The first-order valence-corrected chi connectivity index (χ1v) is 6.22. The van der Waals surface area contributed by atoms with Gasteiger partial charge in [0.15, 0.2) is 5.82 Å². The first-order chi connectivity index (χ1) is 7.47. The van der Waals surface area contributed by atoms with Gasteiger partial charge in [0.25, 0.3) is 0 Å². The molecule has 0 unspecified atom stereocenters. The van der Waals surface area contributed by atoms with Crippen molar-refractivity contribution in [3.05, 3.63) is 34.3 Å². The third-order valence-electron chi connectivity index (χ3n) is 2.41. The van der Waals surface area contributed by atoms with E-state index in [1.807, 2.05) is 12.1 Å². The van der Waals surface area contributed by atoms with Crippen molar-refractivity contribution < 1.29 is 0 Å². The van der Waals surface area contributed by atoms with Crippen LogP contribution in [0.2, 0.25) is 4.47 Å². The van der Waals surface area contributed by atoms with E-state index in [-0.39, 0.29) is 5.41 Å². The molecular formula is C12H13ClN2S. The Morgan fingerprint density at radius 2 is 1.75 bits per heavy atom. The molecule has 0 N–H and O–H groups in total. The number of hydrogen-bond donors (Lipinski definition) is 0. The van der Waals surface area contributed by atoms with Crippen LogP contribution in [0.25, 0.3) is 11.4 Å². The Bertz CT molecular complexity index is 482. The number of aromatic nitrogens is 2. The Labute approximate surface area is 104 Å². The van der Waals surface area contributed by atoms with E-state index in [1.54, 1.807) is 0 Å². The van der Waals surface area contributed by atoms with E-state index in [0.29, 0.717) is 10.3 Å². The van der Waals surface area contributed by atoms with Gasteiger partial charge in [-0.15, -0.1) is 0 Å². The highest BCUT2D eigenvalue weighted by Gasteiger charge is 2.13. The molecule has 1 aromatic carbocycles. The lowest BCUT2D eigenvalue weighted by atomic mass is 9.87. The lowest BCUT2D eigenvalue weighted by molar-refractivity contribution is 0.590. The minimum absolute atomic E-state index is 0.172. The van der Waals surface area contributed by atoms with E-state index < -0.39 is 0 Å². The van der Waals surface area contributed by atoms with Crippen molar-refractivity contribution in [3.8, 4) is 11.4 Å². The summed E-state index contributed by atoms with van der Waals surface area (Å²) in [6.45, 7) is 6.58. The number of benzene rings is 1. The van der Waals surface area contributed by atoms with Crippen LogP contribution in [-0.4, -0.2) is 9.36 Å². The van der Waals surface area contributed by atoms with Gasteiger partial charge in [0.05, 0.1) is 0 Å². The van der Waals surface area contributed by atoms with Crippen LogP contribution in [0.3, 0.4) is 0 Å². The molecule has 0 saturated carbocycles. The smallest absolute Gasteiger partial charge is 0.203 e. The van der Waals surface area contributed by atoms with Crippen LogP contribution in [-0.2, 0) is 5.41 Å². The number of nitrogens with zero attached hydrogens (tertiary/aromatic N) is 2. The quantitative estimate of drug-likeness (QED) is 0.762. The Morgan fingerprint density at radius 1 is 1.12 bits per heavy atom. The molecule has 1 aromatic heterocycles. The summed E-state index contributed by atoms with van der Waals surface area (Å²) in [5.41, 5.74) is 2.49. The number of halogens is 1. The Balaban J connectivity index is 2.33. The van der Waals surface area contributed by atoms with Gasteiger partial charge in [-0.3, -0.25) is 0 Å². The van der Waals surface area contributed by atoms with Gasteiger partial charge in [-0.25, -0.2) is 4.98 Å². The molecule has 1 heterocycles. The summed E-state index contributed by atoms with van der Waals surface area (Å²) in [5.74, 6) is 0.704. The summed E-state index contributed by atoms with van der Waals surface area (Å²) in [5, 5.41) is 0. The molecule has 0 bridgehead atoms. The predicted octanol–water partition coefficient (Wildman–Crippen LogP) is 4.16. The second-order valence-electron chi connectivity index (χ2n) is 4.70. The van der Waals surface area contributed by atoms with Crippen LogP contribution in [0.15, 0.2) is 24.3 Å². The predicted molar refractivity (Wildman–Crippen MR) is 69.1 cm³/mol. The van der Waals surface area contributed by atoms with Crippen LogP contribution < -0.4 is 0 Å². The fourth-order valence-corrected chi connectivity index (χ4v) is 2.06. The summed E-state index contributed by atoms with van der Waals surface area (Å²) < 4.78 is 4.66. The Hall–Kier alpha value is -0.930. The van der Waals surface area contributed by atoms with Crippen molar-refractivity contribution in [1.82, 2.24) is 9.36 Å². The summed E-state index contributed by atoms with van der Waals surface area (Å²) in [6, 6.07) is 8.31. The molecule has 0 aliphatic rings. The van der Waals surface area contributed by atoms with Gasteiger partial charge in [-0.1, -0.05) is 45.0 Å². The molecule has 84 valence electrons. The molecular weight excluding hydrogens is 240 g/mol. The van der Waals surface area contributed by atoms with Crippen molar-refractivity contribution in [2.24, 2.45) is 0 Å². The summed E-state index contributed by atoms with van der Waals surface area (Å²) >= 11 is 6.97. The van der Waals surface area contributed by atoms with Crippen LogP contribution in [0.4, 0.5) is 0 Å². The molecule has 2 rings (SSSR count).